The van der Waals surface area contributed by atoms with Crippen LogP contribution in [-0.4, -0.2) is 23.3 Å². The standard InChI is InChI=1S/C13H18ClNO3/c1-8(2)15-13(17)18-9(3)12(16)10-6-4-5-7-11(10)14/h4-9,12,16H,1-3H3,(H,15,17). The molecule has 2 atom stereocenters. The minimum absolute atomic E-state index is 0.0119. The molecule has 4 nitrogen and oxygen atoms in total. The van der Waals surface area contributed by atoms with E-state index in [1.54, 1.807) is 31.2 Å². The van der Waals surface area contributed by atoms with Gasteiger partial charge in [-0.05, 0) is 26.8 Å². The number of aliphatic hydroxyl groups is 1. The molecule has 2 N–H and O–H groups in total. The number of carbonyl (C=O) groups excluding carboxylic acids is 1. The van der Waals surface area contributed by atoms with Gasteiger partial charge in [0.2, 0.25) is 0 Å². The van der Waals surface area contributed by atoms with E-state index in [1.165, 1.54) is 0 Å². The van der Waals surface area contributed by atoms with Crippen LogP contribution in [0, 0.1) is 0 Å². The third-order valence-corrected chi connectivity index (χ3v) is 2.71. The number of hydrogen-bond donors (Lipinski definition) is 2. The number of benzene rings is 1. The van der Waals surface area contributed by atoms with Gasteiger partial charge in [0.05, 0.1) is 0 Å². The Morgan fingerprint density at radius 2 is 1.94 bits per heavy atom. The Labute approximate surface area is 112 Å². The third kappa shape index (κ3) is 4.20. The molecule has 0 aromatic heterocycles. The van der Waals surface area contributed by atoms with Gasteiger partial charge < -0.3 is 15.2 Å². The van der Waals surface area contributed by atoms with Gasteiger partial charge >= 0.3 is 6.09 Å². The Kier molecular flexibility index (Phi) is 5.44. The van der Waals surface area contributed by atoms with Crippen LogP contribution in [0.2, 0.25) is 5.02 Å². The van der Waals surface area contributed by atoms with Gasteiger partial charge in [0.15, 0.2) is 0 Å². The summed E-state index contributed by atoms with van der Waals surface area (Å²) in [6, 6.07) is 6.91. The van der Waals surface area contributed by atoms with E-state index in [1.807, 2.05) is 13.8 Å². The monoisotopic (exact) mass is 271 g/mol. The van der Waals surface area contributed by atoms with Crippen molar-refractivity contribution < 1.29 is 14.6 Å². The molecule has 1 aromatic rings. The van der Waals surface area contributed by atoms with Gasteiger partial charge in [-0.1, -0.05) is 29.8 Å². The molecule has 5 heteroatoms. The van der Waals surface area contributed by atoms with Crippen molar-refractivity contribution in [3.8, 4) is 0 Å². The molecule has 0 bridgehead atoms. The fourth-order valence-corrected chi connectivity index (χ4v) is 1.72. The SMILES string of the molecule is CC(C)NC(=O)OC(C)C(O)c1ccccc1Cl. The lowest BCUT2D eigenvalue weighted by Gasteiger charge is -2.21. The number of carbonyl (C=O) groups is 1. The maximum absolute atomic E-state index is 11.4. The van der Waals surface area contributed by atoms with Crippen molar-refractivity contribution in [1.29, 1.82) is 0 Å². The normalized spacial score (nSPS) is 14.1. The van der Waals surface area contributed by atoms with Crippen molar-refractivity contribution in [2.24, 2.45) is 0 Å². The lowest BCUT2D eigenvalue weighted by Crippen LogP contribution is -2.34. The van der Waals surface area contributed by atoms with E-state index in [9.17, 15) is 9.90 Å². The van der Waals surface area contributed by atoms with Gasteiger partial charge in [0.25, 0.3) is 0 Å². The van der Waals surface area contributed by atoms with E-state index < -0.39 is 18.3 Å². The largest absolute Gasteiger partial charge is 0.443 e. The summed E-state index contributed by atoms with van der Waals surface area (Å²) in [7, 11) is 0. The molecule has 0 saturated heterocycles. The Morgan fingerprint density at radius 1 is 1.33 bits per heavy atom. The summed E-state index contributed by atoms with van der Waals surface area (Å²) in [6.45, 7) is 5.28. The molecule has 0 aliphatic carbocycles. The highest BCUT2D eigenvalue weighted by Gasteiger charge is 2.22. The van der Waals surface area contributed by atoms with Crippen LogP contribution in [0.1, 0.15) is 32.4 Å². The zero-order valence-electron chi connectivity index (χ0n) is 10.7. The number of hydrogen-bond acceptors (Lipinski definition) is 3. The second-order valence-corrected chi connectivity index (χ2v) is 4.78. The first kappa shape index (κ1) is 14.8. The highest BCUT2D eigenvalue weighted by molar-refractivity contribution is 6.31. The van der Waals surface area contributed by atoms with Crippen molar-refractivity contribution in [3.63, 3.8) is 0 Å². The van der Waals surface area contributed by atoms with Crippen LogP contribution >= 0.6 is 11.6 Å². The van der Waals surface area contributed by atoms with Crippen molar-refractivity contribution in [2.75, 3.05) is 0 Å². The maximum atomic E-state index is 11.4. The summed E-state index contributed by atoms with van der Waals surface area (Å²) >= 11 is 5.97. The molecule has 1 amide bonds. The number of ether oxygens (including phenoxy) is 1. The first-order valence-corrected chi connectivity index (χ1v) is 6.19. The van der Waals surface area contributed by atoms with E-state index >= 15 is 0 Å². The Balaban J connectivity index is 2.64. The van der Waals surface area contributed by atoms with E-state index in [4.69, 9.17) is 16.3 Å². The molecule has 0 aliphatic rings. The second kappa shape index (κ2) is 6.61. The predicted molar refractivity (Wildman–Crippen MR) is 70.6 cm³/mol. The molecule has 0 saturated carbocycles. The van der Waals surface area contributed by atoms with Crippen molar-refractivity contribution in [2.45, 2.75) is 39.0 Å². The number of aliphatic hydroxyl groups excluding tert-OH is 1. The van der Waals surface area contributed by atoms with E-state index in [0.717, 1.165) is 0 Å². The Hall–Kier alpha value is -1.26. The second-order valence-electron chi connectivity index (χ2n) is 4.38. The molecule has 2 unspecified atom stereocenters. The van der Waals surface area contributed by atoms with Crippen LogP contribution in [0.5, 0.6) is 0 Å². The summed E-state index contributed by atoms with van der Waals surface area (Å²) < 4.78 is 5.07. The summed E-state index contributed by atoms with van der Waals surface area (Å²) in [4.78, 5) is 11.4. The van der Waals surface area contributed by atoms with Crippen LogP contribution in [0.15, 0.2) is 24.3 Å². The molecule has 18 heavy (non-hydrogen) atoms. The van der Waals surface area contributed by atoms with Crippen molar-refractivity contribution >= 4 is 17.7 Å². The van der Waals surface area contributed by atoms with Gasteiger partial charge in [-0.3, -0.25) is 0 Å². The first-order chi connectivity index (χ1) is 8.41. The number of nitrogens with one attached hydrogen (secondary N) is 1. The summed E-state index contributed by atoms with van der Waals surface area (Å²) in [5.41, 5.74) is 0.545. The Bertz CT molecular complexity index is 409. The van der Waals surface area contributed by atoms with E-state index in [0.29, 0.717) is 10.6 Å². The van der Waals surface area contributed by atoms with Crippen molar-refractivity contribution in [3.05, 3.63) is 34.9 Å². The van der Waals surface area contributed by atoms with Crippen LogP contribution in [0.4, 0.5) is 4.79 Å². The minimum Gasteiger partial charge on any atom is -0.443 e. The van der Waals surface area contributed by atoms with Gasteiger partial charge in [-0.2, -0.15) is 0 Å². The van der Waals surface area contributed by atoms with Gasteiger partial charge in [-0.25, -0.2) is 4.79 Å². The highest BCUT2D eigenvalue weighted by Crippen LogP contribution is 2.26. The van der Waals surface area contributed by atoms with Crippen LogP contribution in [0.3, 0.4) is 0 Å². The highest BCUT2D eigenvalue weighted by atomic mass is 35.5. The van der Waals surface area contributed by atoms with Crippen LogP contribution in [-0.2, 0) is 4.74 Å². The van der Waals surface area contributed by atoms with E-state index in [2.05, 4.69) is 5.32 Å². The smallest absolute Gasteiger partial charge is 0.407 e. The number of alkyl carbamates (subject to hydrolysis) is 1. The van der Waals surface area contributed by atoms with Crippen LogP contribution < -0.4 is 5.32 Å². The molecule has 0 radical (unpaired) electrons. The zero-order valence-corrected chi connectivity index (χ0v) is 11.4. The van der Waals surface area contributed by atoms with Gasteiger partial charge in [-0.15, -0.1) is 0 Å². The average Bonchev–Trinajstić information content (AvgIpc) is 2.27. The number of amides is 1. The molecule has 0 aliphatic heterocycles. The average molecular weight is 272 g/mol. The molecule has 1 aromatic carbocycles. The number of rotatable bonds is 4. The van der Waals surface area contributed by atoms with Crippen molar-refractivity contribution in [1.82, 2.24) is 5.32 Å². The Morgan fingerprint density at radius 3 is 2.50 bits per heavy atom. The quantitative estimate of drug-likeness (QED) is 0.885. The summed E-state index contributed by atoms with van der Waals surface area (Å²) in [5, 5.41) is 13.1. The zero-order chi connectivity index (χ0) is 13.7. The maximum Gasteiger partial charge on any atom is 0.407 e. The number of halogens is 1. The lowest BCUT2D eigenvalue weighted by atomic mass is 10.1. The molecular weight excluding hydrogens is 254 g/mol. The fraction of sp³-hybridized carbons (Fsp3) is 0.462. The molecule has 100 valence electrons. The molecular formula is C13H18ClNO3. The van der Waals surface area contributed by atoms with E-state index in [-0.39, 0.29) is 6.04 Å². The third-order valence-electron chi connectivity index (χ3n) is 2.37. The molecule has 0 heterocycles. The van der Waals surface area contributed by atoms with Gasteiger partial charge in [0, 0.05) is 16.6 Å². The van der Waals surface area contributed by atoms with Gasteiger partial charge in [0.1, 0.15) is 12.2 Å². The first-order valence-electron chi connectivity index (χ1n) is 5.81. The molecule has 0 spiro atoms. The lowest BCUT2D eigenvalue weighted by molar-refractivity contribution is 0.0112. The molecule has 1 rings (SSSR count). The van der Waals surface area contributed by atoms with Crippen LogP contribution in [0.25, 0.3) is 0 Å². The topological polar surface area (TPSA) is 58.6 Å². The predicted octanol–water partition coefficient (Wildman–Crippen LogP) is 2.90. The summed E-state index contributed by atoms with van der Waals surface area (Å²) in [5.74, 6) is 0. The summed E-state index contributed by atoms with van der Waals surface area (Å²) in [6.07, 6.45) is -2.18. The molecule has 0 fully saturated rings. The minimum atomic E-state index is -0.948. The fourth-order valence-electron chi connectivity index (χ4n) is 1.47.